The fourth-order valence-electron chi connectivity index (χ4n) is 2.61. The standard InChI is InChI=1S/C18H21N3/c1-14(2)20-12-17-5-3-4-16-8-11-21(18(16)17)13-15-6-9-19-10-7-15/h3-11,14,20H,12-13H2,1-2H3. The highest BCUT2D eigenvalue weighted by atomic mass is 15.0. The molecule has 0 aliphatic carbocycles. The van der Waals surface area contributed by atoms with Crippen LogP contribution in [0.3, 0.4) is 0 Å². The van der Waals surface area contributed by atoms with Gasteiger partial charge in [-0.15, -0.1) is 0 Å². The number of para-hydroxylation sites is 1. The van der Waals surface area contributed by atoms with E-state index in [0.717, 1.165) is 13.1 Å². The van der Waals surface area contributed by atoms with Crippen molar-refractivity contribution in [3.63, 3.8) is 0 Å². The summed E-state index contributed by atoms with van der Waals surface area (Å²) in [5.41, 5.74) is 3.94. The van der Waals surface area contributed by atoms with Gasteiger partial charge in [-0.2, -0.15) is 0 Å². The molecule has 0 saturated heterocycles. The third-order valence-electron chi connectivity index (χ3n) is 3.68. The topological polar surface area (TPSA) is 29.9 Å². The van der Waals surface area contributed by atoms with Crippen LogP contribution in [0.1, 0.15) is 25.0 Å². The third-order valence-corrected chi connectivity index (χ3v) is 3.68. The molecule has 0 fully saturated rings. The summed E-state index contributed by atoms with van der Waals surface area (Å²) in [5, 5.41) is 4.81. The minimum atomic E-state index is 0.490. The fraction of sp³-hybridized carbons (Fsp3) is 0.278. The van der Waals surface area contributed by atoms with E-state index in [9.17, 15) is 0 Å². The molecule has 1 aromatic carbocycles. The Morgan fingerprint density at radius 2 is 1.90 bits per heavy atom. The maximum absolute atomic E-state index is 4.08. The molecular formula is C18H21N3. The zero-order chi connectivity index (χ0) is 14.7. The molecule has 0 atom stereocenters. The predicted molar refractivity (Wildman–Crippen MR) is 87.3 cm³/mol. The molecule has 3 rings (SSSR count). The largest absolute Gasteiger partial charge is 0.343 e. The molecule has 0 radical (unpaired) electrons. The van der Waals surface area contributed by atoms with Gasteiger partial charge in [0.2, 0.25) is 0 Å². The van der Waals surface area contributed by atoms with Crippen molar-refractivity contribution in [2.45, 2.75) is 33.0 Å². The lowest BCUT2D eigenvalue weighted by Crippen LogP contribution is -2.22. The van der Waals surface area contributed by atoms with Gasteiger partial charge >= 0.3 is 0 Å². The first-order valence-corrected chi connectivity index (χ1v) is 7.43. The van der Waals surface area contributed by atoms with Gasteiger partial charge < -0.3 is 9.88 Å². The Labute approximate surface area is 125 Å². The number of pyridine rings is 1. The molecule has 0 saturated carbocycles. The summed E-state index contributed by atoms with van der Waals surface area (Å²) >= 11 is 0. The van der Waals surface area contributed by atoms with Gasteiger partial charge in [-0.1, -0.05) is 32.0 Å². The second-order valence-corrected chi connectivity index (χ2v) is 5.69. The van der Waals surface area contributed by atoms with Crippen molar-refractivity contribution in [3.8, 4) is 0 Å². The van der Waals surface area contributed by atoms with Gasteiger partial charge in [-0.05, 0) is 34.7 Å². The molecular weight excluding hydrogens is 258 g/mol. The second kappa shape index (κ2) is 6.10. The number of benzene rings is 1. The highest BCUT2D eigenvalue weighted by Crippen LogP contribution is 2.21. The van der Waals surface area contributed by atoms with Gasteiger partial charge in [-0.25, -0.2) is 0 Å². The van der Waals surface area contributed by atoms with Crippen LogP contribution in [-0.4, -0.2) is 15.6 Å². The average Bonchev–Trinajstić information content (AvgIpc) is 2.90. The first kappa shape index (κ1) is 13.8. The lowest BCUT2D eigenvalue weighted by Gasteiger charge is -2.12. The number of nitrogens with zero attached hydrogens (tertiary/aromatic N) is 2. The predicted octanol–water partition coefficient (Wildman–Crippen LogP) is 3.58. The number of aromatic nitrogens is 2. The molecule has 0 amide bonds. The van der Waals surface area contributed by atoms with Crippen molar-refractivity contribution >= 4 is 10.9 Å². The molecule has 108 valence electrons. The van der Waals surface area contributed by atoms with E-state index in [1.165, 1.54) is 22.0 Å². The summed E-state index contributed by atoms with van der Waals surface area (Å²) in [5.74, 6) is 0. The monoisotopic (exact) mass is 279 g/mol. The van der Waals surface area contributed by atoms with E-state index in [0.29, 0.717) is 6.04 Å². The van der Waals surface area contributed by atoms with Crippen LogP contribution in [0, 0.1) is 0 Å². The van der Waals surface area contributed by atoms with Gasteiger partial charge in [0.25, 0.3) is 0 Å². The third kappa shape index (κ3) is 3.14. The molecule has 3 heteroatoms. The van der Waals surface area contributed by atoms with Crippen LogP contribution in [0.2, 0.25) is 0 Å². The van der Waals surface area contributed by atoms with E-state index in [1.54, 1.807) is 0 Å². The summed E-state index contributed by atoms with van der Waals surface area (Å²) in [6, 6.07) is 13.3. The Morgan fingerprint density at radius 3 is 2.67 bits per heavy atom. The van der Waals surface area contributed by atoms with Gasteiger partial charge in [0, 0.05) is 37.7 Å². The summed E-state index contributed by atoms with van der Waals surface area (Å²) in [6.07, 6.45) is 5.87. The van der Waals surface area contributed by atoms with E-state index in [-0.39, 0.29) is 0 Å². The van der Waals surface area contributed by atoms with Crippen LogP contribution in [0.4, 0.5) is 0 Å². The summed E-state index contributed by atoms with van der Waals surface area (Å²) < 4.78 is 2.32. The summed E-state index contributed by atoms with van der Waals surface area (Å²) in [6.45, 7) is 6.13. The highest BCUT2D eigenvalue weighted by molar-refractivity contribution is 5.83. The number of fused-ring (bicyclic) bond motifs is 1. The van der Waals surface area contributed by atoms with Crippen LogP contribution in [0.25, 0.3) is 10.9 Å². The fourth-order valence-corrected chi connectivity index (χ4v) is 2.61. The zero-order valence-corrected chi connectivity index (χ0v) is 12.6. The maximum Gasteiger partial charge on any atom is 0.0529 e. The van der Waals surface area contributed by atoms with Crippen LogP contribution in [0.5, 0.6) is 0 Å². The minimum absolute atomic E-state index is 0.490. The number of hydrogen-bond acceptors (Lipinski definition) is 2. The van der Waals surface area contributed by atoms with Crippen molar-refractivity contribution in [3.05, 3.63) is 66.1 Å². The Morgan fingerprint density at radius 1 is 1.10 bits per heavy atom. The van der Waals surface area contributed by atoms with Gasteiger partial charge in [0.15, 0.2) is 0 Å². The van der Waals surface area contributed by atoms with E-state index >= 15 is 0 Å². The Hall–Kier alpha value is -2.13. The highest BCUT2D eigenvalue weighted by Gasteiger charge is 2.07. The van der Waals surface area contributed by atoms with Crippen LogP contribution >= 0.6 is 0 Å². The lowest BCUT2D eigenvalue weighted by atomic mass is 10.1. The molecule has 0 unspecified atom stereocenters. The summed E-state index contributed by atoms with van der Waals surface area (Å²) in [7, 11) is 0. The molecule has 0 aliphatic rings. The molecule has 2 heterocycles. The molecule has 0 bridgehead atoms. The molecule has 0 spiro atoms. The lowest BCUT2D eigenvalue weighted by molar-refractivity contribution is 0.589. The molecule has 21 heavy (non-hydrogen) atoms. The molecule has 1 N–H and O–H groups in total. The van der Waals surface area contributed by atoms with E-state index in [1.807, 2.05) is 12.4 Å². The minimum Gasteiger partial charge on any atom is -0.343 e. The van der Waals surface area contributed by atoms with Crippen molar-refractivity contribution in [2.24, 2.45) is 0 Å². The first-order chi connectivity index (χ1) is 10.2. The van der Waals surface area contributed by atoms with Crippen LogP contribution in [-0.2, 0) is 13.1 Å². The van der Waals surface area contributed by atoms with E-state index in [4.69, 9.17) is 0 Å². The van der Waals surface area contributed by atoms with Crippen LogP contribution in [0.15, 0.2) is 55.0 Å². The van der Waals surface area contributed by atoms with Gasteiger partial charge in [0.1, 0.15) is 0 Å². The van der Waals surface area contributed by atoms with Crippen LogP contribution < -0.4 is 5.32 Å². The normalized spacial score (nSPS) is 11.4. The van der Waals surface area contributed by atoms with Crippen molar-refractivity contribution < 1.29 is 0 Å². The van der Waals surface area contributed by atoms with E-state index in [2.05, 4.69) is 71.3 Å². The van der Waals surface area contributed by atoms with Gasteiger partial charge in [-0.3, -0.25) is 4.98 Å². The van der Waals surface area contributed by atoms with Gasteiger partial charge in [0.05, 0.1) is 5.52 Å². The second-order valence-electron chi connectivity index (χ2n) is 5.69. The molecule has 3 aromatic rings. The number of nitrogens with one attached hydrogen (secondary N) is 1. The van der Waals surface area contributed by atoms with Crippen molar-refractivity contribution in [1.82, 2.24) is 14.9 Å². The van der Waals surface area contributed by atoms with Crippen molar-refractivity contribution in [1.29, 1.82) is 0 Å². The Kier molecular flexibility index (Phi) is 4.02. The first-order valence-electron chi connectivity index (χ1n) is 7.43. The summed E-state index contributed by atoms with van der Waals surface area (Å²) in [4.78, 5) is 4.08. The van der Waals surface area contributed by atoms with E-state index < -0.39 is 0 Å². The Bertz CT molecular complexity index is 714. The molecule has 2 aromatic heterocycles. The zero-order valence-electron chi connectivity index (χ0n) is 12.6. The molecule has 3 nitrogen and oxygen atoms in total. The number of hydrogen-bond donors (Lipinski definition) is 1. The Balaban J connectivity index is 1.95. The smallest absolute Gasteiger partial charge is 0.0529 e. The van der Waals surface area contributed by atoms with Crippen molar-refractivity contribution in [2.75, 3.05) is 0 Å². The SMILES string of the molecule is CC(C)NCc1cccc2ccn(Cc3ccncc3)c12. The quantitative estimate of drug-likeness (QED) is 0.773. The maximum atomic E-state index is 4.08. The number of rotatable bonds is 5. The average molecular weight is 279 g/mol. The molecule has 0 aliphatic heterocycles.